The molecule has 0 aliphatic heterocycles. The maximum atomic E-state index is 6.15. The zero-order valence-corrected chi connectivity index (χ0v) is 12.6. The Hall–Kier alpha value is -1.76. The van der Waals surface area contributed by atoms with E-state index < -0.39 is 6.04 Å². The summed E-state index contributed by atoms with van der Waals surface area (Å²) in [5.41, 5.74) is 0.993. The van der Waals surface area contributed by atoms with Gasteiger partial charge in [0.05, 0.1) is 11.5 Å². The summed E-state index contributed by atoms with van der Waals surface area (Å²) >= 11 is 6.15. The molecule has 0 aliphatic rings. The van der Waals surface area contributed by atoms with Gasteiger partial charge in [-0.15, -0.1) is 0 Å². The molecule has 0 N–H and O–H groups in total. The van der Waals surface area contributed by atoms with Crippen molar-refractivity contribution in [3.8, 4) is 0 Å². The molecule has 98 valence electrons. The summed E-state index contributed by atoms with van der Waals surface area (Å²) in [6.45, 7) is 0. The van der Waals surface area contributed by atoms with Crippen LogP contribution in [-0.4, -0.2) is 4.98 Å². The largest absolute Gasteiger partial charge is 0.255 e. The van der Waals surface area contributed by atoms with Gasteiger partial charge < -0.3 is 0 Å². The van der Waals surface area contributed by atoms with E-state index in [2.05, 4.69) is 29.2 Å². The van der Waals surface area contributed by atoms with Crippen LogP contribution in [0.2, 0.25) is 0 Å². The molecule has 0 atom stereocenters. The minimum absolute atomic E-state index is 0.993. The van der Waals surface area contributed by atoms with Crippen molar-refractivity contribution in [1.82, 2.24) is 4.98 Å². The highest BCUT2D eigenvalue weighted by atomic mass is 32.4. The highest BCUT2D eigenvalue weighted by Crippen LogP contribution is 2.41. The molecule has 1 nitrogen and oxygen atoms in total. The zero-order valence-electron chi connectivity index (χ0n) is 10.9. The molecule has 3 aromatic rings. The molecule has 2 aromatic carbocycles. The second-order valence-corrected chi connectivity index (χ2v) is 8.82. The Morgan fingerprint density at radius 1 is 0.650 bits per heavy atom. The van der Waals surface area contributed by atoms with Gasteiger partial charge in [0.2, 0.25) is 0 Å². The van der Waals surface area contributed by atoms with Crippen LogP contribution in [0.1, 0.15) is 0 Å². The molecule has 0 unspecified atom stereocenters. The van der Waals surface area contributed by atoms with Gasteiger partial charge in [-0.3, -0.25) is 4.98 Å². The van der Waals surface area contributed by atoms with Gasteiger partial charge in [-0.05, 0) is 22.7 Å². The Labute approximate surface area is 124 Å². The summed E-state index contributed by atoms with van der Waals surface area (Å²) in [6, 6.07) is 24.6. The lowest BCUT2D eigenvalue weighted by molar-refractivity contribution is 1.39. The molecule has 20 heavy (non-hydrogen) atoms. The lowest BCUT2D eigenvalue weighted by Gasteiger charge is -2.22. The molecule has 0 radical (unpaired) electrons. The Morgan fingerprint density at radius 2 is 1.15 bits per heavy atom. The predicted octanol–water partition coefficient (Wildman–Crippen LogP) is 2.84. The first-order valence-electron chi connectivity index (χ1n) is 6.45. The Bertz CT molecular complexity index is 623. The third-order valence-electron chi connectivity index (χ3n) is 3.21. The molecule has 0 aliphatic carbocycles. The van der Waals surface area contributed by atoms with Crippen LogP contribution >= 0.6 is 6.04 Å². The highest BCUT2D eigenvalue weighted by molar-refractivity contribution is 8.25. The second-order valence-electron chi connectivity index (χ2n) is 4.47. The summed E-state index contributed by atoms with van der Waals surface area (Å²) < 4.78 is 0. The van der Waals surface area contributed by atoms with Crippen molar-refractivity contribution in [2.24, 2.45) is 0 Å². The molecule has 1 heterocycles. The maximum Gasteiger partial charge on any atom is 0.0814 e. The molecule has 3 heteroatoms. The molecular weight excluding hydrogens is 281 g/mol. The minimum Gasteiger partial charge on any atom is -0.255 e. The van der Waals surface area contributed by atoms with Crippen molar-refractivity contribution in [2.45, 2.75) is 0 Å². The molecule has 0 amide bonds. The van der Waals surface area contributed by atoms with E-state index >= 15 is 0 Å². The first-order chi connectivity index (χ1) is 9.82. The molecule has 0 bridgehead atoms. The van der Waals surface area contributed by atoms with Crippen LogP contribution in [0.15, 0.2) is 85.1 Å². The second kappa shape index (κ2) is 5.70. The van der Waals surface area contributed by atoms with Crippen molar-refractivity contribution in [3.63, 3.8) is 0 Å². The monoisotopic (exact) mass is 295 g/mol. The minimum atomic E-state index is -2.05. The van der Waals surface area contributed by atoms with Crippen molar-refractivity contribution in [3.05, 3.63) is 85.1 Å². The molecule has 0 spiro atoms. The summed E-state index contributed by atoms with van der Waals surface area (Å²) in [5.74, 6) is 0. The number of aromatic nitrogens is 1. The fourth-order valence-corrected chi connectivity index (χ4v) is 5.82. The number of pyridine rings is 1. The maximum absolute atomic E-state index is 6.15. The summed E-state index contributed by atoms with van der Waals surface area (Å²) in [6.07, 6.45) is 1.82. The van der Waals surface area contributed by atoms with E-state index in [9.17, 15) is 0 Å². The summed E-state index contributed by atoms with van der Waals surface area (Å²) in [7, 11) is 0. The van der Waals surface area contributed by atoms with Gasteiger partial charge in [0.25, 0.3) is 0 Å². The number of nitrogens with zero attached hydrogens (tertiary/aromatic N) is 1. The Kier molecular flexibility index (Phi) is 3.77. The van der Waals surface area contributed by atoms with Gasteiger partial charge in [0.1, 0.15) is 0 Å². The topological polar surface area (TPSA) is 12.9 Å². The summed E-state index contributed by atoms with van der Waals surface area (Å²) in [5, 5.41) is 2.36. The van der Waals surface area contributed by atoms with E-state index in [4.69, 9.17) is 11.8 Å². The quantitative estimate of drug-likeness (QED) is 0.689. The number of hydrogen-bond acceptors (Lipinski definition) is 2. The smallest absolute Gasteiger partial charge is 0.0814 e. The average molecular weight is 295 g/mol. The van der Waals surface area contributed by atoms with Crippen molar-refractivity contribution in [2.75, 3.05) is 0 Å². The molecule has 1 aromatic heterocycles. The first kappa shape index (κ1) is 13.2. The SMILES string of the molecule is S=P(c1ccccc1)(c1ccccc1)c1ccccn1. The lowest BCUT2D eigenvalue weighted by Crippen LogP contribution is -2.26. The first-order valence-corrected chi connectivity index (χ1v) is 9.25. The molecule has 3 rings (SSSR count). The van der Waals surface area contributed by atoms with Crippen molar-refractivity contribution < 1.29 is 0 Å². The third-order valence-corrected chi connectivity index (χ3v) is 8.00. The van der Waals surface area contributed by atoms with Crippen molar-refractivity contribution in [1.29, 1.82) is 0 Å². The lowest BCUT2D eigenvalue weighted by atomic mass is 10.4. The van der Waals surface area contributed by atoms with E-state index in [-0.39, 0.29) is 0 Å². The zero-order chi connectivity index (χ0) is 13.8. The van der Waals surface area contributed by atoms with E-state index in [1.54, 1.807) is 0 Å². The van der Waals surface area contributed by atoms with Crippen LogP contribution < -0.4 is 16.0 Å². The highest BCUT2D eigenvalue weighted by Gasteiger charge is 2.25. The standard InChI is InChI=1S/C17H14NPS/c20-19(15-9-3-1-4-10-15,16-11-5-2-6-12-16)17-13-7-8-14-18-17/h1-14H. The van der Waals surface area contributed by atoms with Crippen LogP contribution in [0.4, 0.5) is 0 Å². The van der Waals surface area contributed by atoms with E-state index in [0.717, 1.165) is 5.44 Å². The van der Waals surface area contributed by atoms with Crippen LogP contribution in [0, 0.1) is 0 Å². The van der Waals surface area contributed by atoms with Crippen LogP contribution in [-0.2, 0) is 11.8 Å². The van der Waals surface area contributed by atoms with Gasteiger partial charge in [-0.1, -0.05) is 78.5 Å². The number of rotatable bonds is 3. The van der Waals surface area contributed by atoms with E-state index in [1.807, 2.05) is 60.8 Å². The fourth-order valence-electron chi connectivity index (χ4n) is 2.23. The number of benzene rings is 2. The van der Waals surface area contributed by atoms with Gasteiger partial charge >= 0.3 is 0 Å². The van der Waals surface area contributed by atoms with Gasteiger partial charge in [-0.2, -0.15) is 0 Å². The molecule has 0 fully saturated rings. The van der Waals surface area contributed by atoms with E-state index in [1.165, 1.54) is 10.6 Å². The molecule has 0 saturated heterocycles. The van der Waals surface area contributed by atoms with Crippen molar-refractivity contribution >= 4 is 33.9 Å². The third kappa shape index (κ3) is 2.33. The summed E-state index contributed by atoms with van der Waals surface area (Å²) in [4.78, 5) is 4.55. The Morgan fingerprint density at radius 3 is 1.60 bits per heavy atom. The van der Waals surface area contributed by atoms with E-state index in [0.29, 0.717) is 0 Å². The van der Waals surface area contributed by atoms with Gasteiger partial charge in [0, 0.05) is 6.20 Å². The fraction of sp³-hybridized carbons (Fsp3) is 0. The average Bonchev–Trinajstić information content (AvgIpc) is 2.56. The number of hydrogen-bond donors (Lipinski definition) is 0. The van der Waals surface area contributed by atoms with Gasteiger partial charge in [0.15, 0.2) is 0 Å². The van der Waals surface area contributed by atoms with Crippen LogP contribution in [0.25, 0.3) is 0 Å². The normalized spacial score (nSPS) is 11.2. The van der Waals surface area contributed by atoms with Crippen LogP contribution in [0.5, 0.6) is 0 Å². The van der Waals surface area contributed by atoms with Crippen LogP contribution in [0.3, 0.4) is 0 Å². The molecule has 0 saturated carbocycles. The Balaban J connectivity index is 2.27. The predicted molar refractivity (Wildman–Crippen MR) is 90.3 cm³/mol. The van der Waals surface area contributed by atoms with Gasteiger partial charge in [-0.25, -0.2) is 0 Å². The molecular formula is C17H14NPS.